The van der Waals surface area contributed by atoms with Crippen molar-refractivity contribution in [2.24, 2.45) is 5.92 Å². The highest BCUT2D eigenvalue weighted by molar-refractivity contribution is 5.93. The number of carbonyl (C=O) groups excluding carboxylic acids is 3. The second-order valence-electron chi connectivity index (χ2n) is 10.3. The lowest BCUT2D eigenvalue weighted by Gasteiger charge is -2.40. The zero-order chi connectivity index (χ0) is 24.8. The lowest BCUT2D eigenvalue weighted by Crippen LogP contribution is -2.64. The molecule has 1 saturated heterocycles. The topological polar surface area (TPSA) is 103 Å². The largest absolute Gasteiger partial charge is 0.347 e. The molecular formula is C27H41N5O3. The predicted molar refractivity (Wildman–Crippen MR) is 136 cm³/mol. The number of aryl methyl sites for hydroxylation is 1. The molecule has 1 unspecified atom stereocenters. The van der Waals surface area contributed by atoms with E-state index >= 15 is 0 Å². The molecule has 192 valence electrons. The van der Waals surface area contributed by atoms with E-state index in [1.165, 1.54) is 17.5 Å². The summed E-state index contributed by atoms with van der Waals surface area (Å²) in [5, 5.41) is 12.5. The molecule has 4 N–H and O–H groups in total. The molecule has 1 heterocycles. The Balaban J connectivity index is 1.51. The number of fused-ring (bicyclic) bond motifs is 1. The normalized spacial score (nSPS) is 24.7. The van der Waals surface area contributed by atoms with Gasteiger partial charge in [-0.05, 0) is 63.1 Å². The summed E-state index contributed by atoms with van der Waals surface area (Å²) in [5.74, 6) is -0.316. The third-order valence-corrected chi connectivity index (χ3v) is 8.03. The van der Waals surface area contributed by atoms with Gasteiger partial charge in [0.2, 0.25) is 17.7 Å². The Kier molecular flexibility index (Phi) is 8.78. The van der Waals surface area contributed by atoms with Crippen molar-refractivity contribution in [2.45, 2.75) is 82.5 Å². The Morgan fingerprint density at radius 2 is 1.83 bits per heavy atom. The number of rotatable bonds is 7. The van der Waals surface area contributed by atoms with Gasteiger partial charge in [-0.1, -0.05) is 43.5 Å². The molecule has 0 bridgehead atoms. The van der Waals surface area contributed by atoms with E-state index in [0.29, 0.717) is 19.6 Å². The Morgan fingerprint density at radius 1 is 1.06 bits per heavy atom. The lowest BCUT2D eigenvalue weighted by atomic mass is 9.83. The van der Waals surface area contributed by atoms with Gasteiger partial charge in [-0.2, -0.15) is 0 Å². The van der Waals surface area contributed by atoms with Gasteiger partial charge in [0.25, 0.3) is 0 Å². The molecular weight excluding hydrogens is 442 g/mol. The SMILES string of the molecule is CN[C@@H](C)C(=O)N[C@H](C(=O)N1CCNC[C@H]1C(=O)NC1CCCc2ccccc21)C1CCCCC1. The summed E-state index contributed by atoms with van der Waals surface area (Å²) in [7, 11) is 1.74. The highest BCUT2D eigenvalue weighted by Crippen LogP contribution is 2.30. The van der Waals surface area contributed by atoms with Gasteiger partial charge in [-0.3, -0.25) is 14.4 Å². The van der Waals surface area contributed by atoms with Crippen LogP contribution in [0.1, 0.15) is 69.0 Å². The summed E-state index contributed by atoms with van der Waals surface area (Å²) in [6.07, 6.45) is 8.12. The molecule has 8 nitrogen and oxygen atoms in total. The Hall–Kier alpha value is -2.45. The molecule has 4 atom stereocenters. The molecule has 2 fully saturated rings. The van der Waals surface area contributed by atoms with Crippen LogP contribution in [-0.2, 0) is 20.8 Å². The molecule has 4 rings (SSSR count). The Morgan fingerprint density at radius 3 is 2.60 bits per heavy atom. The first-order valence-corrected chi connectivity index (χ1v) is 13.4. The second-order valence-corrected chi connectivity index (χ2v) is 10.3. The summed E-state index contributed by atoms with van der Waals surface area (Å²) in [4.78, 5) is 41.9. The third-order valence-electron chi connectivity index (χ3n) is 8.03. The van der Waals surface area contributed by atoms with E-state index in [2.05, 4.69) is 33.4 Å². The molecule has 0 aromatic heterocycles. The van der Waals surface area contributed by atoms with Gasteiger partial charge >= 0.3 is 0 Å². The lowest BCUT2D eigenvalue weighted by molar-refractivity contribution is -0.146. The van der Waals surface area contributed by atoms with E-state index in [4.69, 9.17) is 0 Å². The second kappa shape index (κ2) is 12.0. The van der Waals surface area contributed by atoms with Crippen LogP contribution in [0.4, 0.5) is 0 Å². The van der Waals surface area contributed by atoms with Crippen LogP contribution < -0.4 is 21.3 Å². The van der Waals surface area contributed by atoms with Crippen molar-refractivity contribution in [2.75, 3.05) is 26.7 Å². The minimum atomic E-state index is -0.595. The molecule has 3 amide bonds. The van der Waals surface area contributed by atoms with Crippen LogP contribution in [0.3, 0.4) is 0 Å². The summed E-state index contributed by atoms with van der Waals surface area (Å²) >= 11 is 0. The van der Waals surface area contributed by atoms with Gasteiger partial charge in [0, 0.05) is 19.6 Å². The molecule has 2 aliphatic carbocycles. The minimum absolute atomic E-state index is 0.0309. The molecule has 0 radical (unpaired) electrons. The van der Waals surface area contributed by atoms with E-state index in [9.17, 15) is 14.4 Å². The highest BCUT2D eigenvalue weighted by atomic mass is 16.2. The van der Waals surface area contributed by atoms with E-state index in [1.807, 2.05) is 12.1 Å². The summed E-state index contributed by atoms with van der Waals surface area (Å²) in [6.45, 7) is 3.31. The van der Waals surface area contributed by atoms with Gasteiger partial charge in [0.15, 0.2) is 0 Å². The molecule has 1 aromatic rings. The molecule has 35 heavy (non-hydrogen) atoms. The zero-order valence-electron chi connectivity index (χ0n) is 21.1. The molecule has 1 saturated carbocycles. The predicted octanol–water partition coefficient (Wildman–Crippen LogP) is 1.65. The number of hydrogen-bond acceptors (Lipinski definition) is 5. The molecule has 0 spiro atoms. The fraction of sp³-hybridized carbons (Fsp3) is 0.667. The van der Waals surface area contributed by atoms with Gasteiger partial charge < -0.3 is 26.2 Å². The van der Waals surface area contributed by atoms with Crippen molar-refractivity contribution in [3.8, 4) is 0 Å². The van der Waals surface area contributed by atoms with Crippen LogP contribution in [0.25, 0.3) is 0 Å². The van der Waals surface area contributed by atoms with Crippen LogP contribution in [0.15, 0.2) is 24.3 Å². The van der Waals surface area contributed by atoms with Crippen molar-refractivity contribution in [3.63, 3.8) is 0 Å². The first-order valence-electron chi connectivity index (χ1n) is 13.4. The number of benzene rings is 1. The van der Waals surface area contributed by atoms with Gasteiger partial charge in [-0.25, -0.2) is 0 Å². The first kappa shape index (κ1) is 25.6. The number of nitrogens with one attached hydrogen (secondary N) is 4. The van der Waals surface area contributed by atoms with Crippen LogP contribution >= 0.6 is 0 Å². The Labute approximate surface area is 209 Å². The van der Waals surface area contributed by atoms with Gasteiger partial charge in [-0.15, -0.1) is 0 Å². The molecule has 1 aliphatic heterocycles. The summed E-state index contributed by atoms with van der Waals surface area (Å²) < 4.78 is 0. The average molecular weight is 484 g/mol. The monoisotopic (exact) mass is 483 g/mol. The fourth-order valence-electron chi connectivity index (χ4n) is 5.81. The third kappa shape index (κ3) is 6.04. The van der Waals surface area contributed by atoms with Gasteiger partial charge in [0.05, 0.1) is 12.1 Å². The highest BCUT2D eigenvalue weighted by Gasteiger charge is 2.40. The molecule has 8 heteroatoms. The number of amides is 3. The van der Waals surface area contributed by atoms with Crippen molar-refractivity contribution in [3.05, 3.63) is 35.4 Å². The molecule has 3 aliphatic rings. The Bertz CT molecular complexity index is 901. The van der Waals surface area contributed by atoms with Crippen LogP contribution in [-0.4, -0.2) is 67.4 Å². The summed E-state index contributed by atoms with van der Waals surface area (Å²) in [5.41, 5.74) is 2.47. The number of nitrogens with zero attached hydrogens (tertiary/aromatic N) is 1. The maximum atomic E-state index is 13.9. The number of piperazine rings is 1. The summed E-state index contributed by atoms with van der Waals surface area (Å²) in [6, 6.07) is 6.69. The van der Waals surface area contributed by atoms with E-state index in [0.717, 1.165) is 44.9 Å². The average Bonchev–Trinajstić information content (AvgIpc) is 2.91. The van der Waals surface area contributed by atoms with Crippen molar-refractivity contribution in [1.82, 2.24) is 26.2 Å². The number of carbonyl (C=O) groups is 3. The van der Waals surface area contributed by atoms with Crippen LogP contribution in [0.2, 0.25) is 0 Å². The standard InChI is InChI=1S/C27H41N5O3/c1-18(28-2)25(33)31-24(20-10-4-3-5-11-20)27(35)32-16-15-29-17-23(32)26(34)30-22-14-8-12-19-9-6-7-13-21(19)22/h6-7,9,13,18,20,22-24,28-29H,3-5,8,10-12,14-17H2,1-2H3,(H,30,34)(H,31,33)/t18-,22?,23-,24-/m0/s1. The quantitative estimate of drug-likeness (QED) is 0.472. The van der Waals surface area contributed by atoms with Crippen LogP contribution in [0, 0.1) is 5.92 Å². The maximum absolute atomic E-state index is 13.9. The van der Waals surface area contributed by atoms with Crippen LogP contribution in [0.5, 0.6) is 0 Å². The number of hydrogen-bond donors (Lipinski definition) is 4. The smallest absolute Gasteiger partial charge is 0.246 e. The van der Waals surface area contributed by atoms with E-state index < -0.39 is 12.1 Å². The number of likely N-dealkylation sites (N-methyl/N-ethyl adjacent to an activating group) is 1. The van der Waals surface area contributed by atoms with Crippen molar-refractivity contribution >= 4 is 17.7 Å². The fourth-order valence-corrected chi connectivity index (χ4v) is 5.81. The zero-order valence-corrected chi connectivity index (χ0v) is 21.1. The maximum Gasteiger partial charge on any atom is 0.246 e. The van der Waals surface area contributed by atoms with E-state index in [-0.39, 0.29) is 35.7 Å². The van der Waals surface area contributed by atoms with Crippen molar-refractivity contribution < 1.29 is 14.4 Å². The first-order chi connectivity index (χ1) is 17.0. The van der Waals surface area contributed by atoms with Gasteiger partial charge in [0.1, 0.15) is 12.1 Å². The minimum Gasteiger partial charge on any atom is -0.347 e. The van der Waals surface area contributed by atoms with E-state index in [1.54, 1.807) is 18.9 Å². The van der Waals surface area contributed by atoms with Crippen molar-refractivity contribution in [1.29, 1.82) is 0 Å². The molecule has 1 aromatic carbocycles.